The number of nitrogens with two attached hydrogens (primary N) is 1. The number of rotatable bonds is 4. The van der Waals surface area contributed by atoms with Crippen molar-refractivity contribution in [3.05, 3.63) is 100 Å². The molecule has 0 saturated carbocycles. The summed E-state index contributed by atoms with van der Waals surface area (Å²) in [5.74, 6) is -0.622. The summed E-state index contributed by atoms with van der Waals surface area (Å²) < 4.78 is 40.2. The number of nitrogens with one attached hydrogen (secondary N) is 1. The van der Waals surface area contributed by atoms with E-state index in [1.165, 1.54) is 36.5 Å². The van der Waals surface area contributed by atoms with Crippen LogP contribution in [0.4, 0.5) is 13.2 Å². The number of carbonyl (C=O) groups excluding carboxylic acids is 1. The van der Waals surface area contributed by atoms with E-state index >= 15 is 0 Å². The molecule has 0 fully saturated rings. The highest BCUT2D eigenvalue weighted by molar-refractivity contribution is 6.32. The predicted molar refractivity (Wildman–Crippen MR) is 122 cm³/mol. The van der Waals surface area contributed by atoms with E-state index < -0.39 is 17.6 Å². The highest BCUT2D eigenvalue weighted by Crippen LogP contribution is 2.30. The lowest BCUT2D eigenvalue weighted by Gasteiger charge is -2.10. The number of hydrogen-bond acceptors (Lipinski definition) is 3. The molecule has 0 spiro atoms. The van der Waals surface area contributed by atoms with Crippen molar-refractivity contribution >= 4 is 34.6 Å². The lowest BCUT2D eigenvalue weighted by Crippen LogP contribution is -2.10. The van der Waals surface area contributed by atoms with Crippen LogP contribution < -0.4 is 5.73 Å². The average molecular weight is 474 g/mol. The Kier molecular flexibility index (Phi) is 7.08. The van der Waals surface area contributed by atoms with Crippen molar-refractivity contribution in [2.24, 2.45) is 5.73 Å². The van der Waals surface area contributed by atoms with E-state index in [1.807, 2.05) is 35.0 Å². The Morgan fingerprint density at radius 2 is 1.85 bits per heavy atom. The second-order valence-electron chi connectivity index (χ2n) is 7.13. The van der Waals surface area contributed by atoms with E-state index in [0.29, 0.717) is 12.1 Å². The largest absolute Gasteiger partial charge is 0.506 e. The standard InChI is InChI=1S/C17H13F3N2.C7H6ClNO2/c18-17(19,20)15-3-1-2-13(9-15)11-22-7-6-14-8-12(10-21)4-5-16(14)22;8-5-3-4(7(9)11)1-2-6(5)10/h1-10,21H,11H2;1-3,10H,(H2,9,11). The summed E-state index contributed by atoms with van der Waals surface area (Å²) in [5, 5.41) is 17.3. The first-order valence-corrected chi connectivity index (χ1v) is 10.00. The van der Waals surface area contributed by atoms with Crippen molar-refractivity contribution in [3.63, 3.8) is 0 Å². The minimum atomic E-state index is -4.33. The number of phenolic OH excluding ortho intramolecular Hbond substituents is 1. The Labute approximate surface area is 192 Å². The number of aromatic nitrogens is 1. The lowest BCUT2D eigenvalue weighted by molar-refractivity contribution is -0.137. The molecule has 1 aromatic heterocycles. The first-order chi connectivity index (χ1) is 15.6. The summed E-state index contributed by atoms with van der Waals surface area (Å²) in [6, 6.07) is 16.9. The SMILES string of the molecule is N=Cc1ccc2c(ccn2Cc2cccc(C(F)(F)F)c2)c1.NC(=O)c1ccc(O)c(Cl)c1. The van der Waals surface area contributed by atoms with Crippen molar-refractivity contribution in [3.8, 4) is 5.75 Å². The lowest BCUT2D eigenvalue weighted by atomic mass is 10.1. The van der Waals surface area contributed by atoms with E-state index in [2.05, 4.69) is 0 Å². The first-order valence-electron chi connectivity index (χ1n) is 9.62. The van der Waals surface area contributed by atoms with Crippen LogP contribution >= 0.6 is 11.6 Å². The monoisotopic (exact) mass is 473 g/mol. The third-order valence-corrected chi connectivity index (χ3v) is 5.10. The maximum absolute atomic E-state index is 12.8. The zero-order valence-electron chi connectivity index (χ0n) is 17.1. The van der Waals surface area contributed by atoms with E-state index in [-0.39, 0.29) is 16.3 Å². The molecule has 0 unspecified atom stereocenters. The minimum absolute atomic E-state index is 0.0586. The molecule has 0 aliphatic heterocycles. The fourth-order valence-corrected chi connectivity index (χ4v) is 3.33. The average Bonchev–Trinajstić information content (AvgIpc) is 3.17. The molecule has 1 heterocycles. The highest BCUT2D eigenvalue weighted by Gasteiger charge is 2.30. The van der Waals surface area contributed by atoms with Gasteiger partial charge in [-0.3, -0.25) is 4.79 Å². The van der Waals surface area contributed by atoms with Gasteiger partial charge in [0.15, 0.2) is 0 Å². The van der Waals surface area contributed by atoms with Gasteiger partial charge >= 0.3 is 6.18 Å². The quantitative estimate of drug-likeness (QED) is 0.324. The maximum Gasteiger partial charge on any atom is 0.416 e. The Balaban J connectivity index is 0.000000235. The van der Waals surface area contributed by atoms with Crippen molar-refractivity contribution < 1.29 is 23.1 Å². The van der Waals surface area contributed by atoms with Crippen molar-refractivity contribution in [1.82, 2.24) is 4.57 Å². The Morgan fingerprint density at radius 3 is 2.48 bits per heavy atom. The summed E-state index contributed by atoms with van der Waals surface area (Å²) in [4.78, 5) is 10.5. The fourth-order valence-electron chi connectivity index (χ4n) is 3.15. The molecule has 5 nitrogen and oxygen atoms in total. The molecule has 170 valence electrons. The van der Waals surface area contributed by atoms with Crippen LogP contribution in [0.15, 0.2) is 72.9 Å². The molecular weight excluding hydrogens is 455 g/mol. The molecule has 3 aromatic carbocycles. The van der Waals surface area contributed by atoms with Gasteiger partial charge in [0.05, 0.1) is 10.6 Å². The van der Waals surface area contributed by atoms with Crippen LogP contribution in [0.1, 0.15) is 27.0 Å². The maximum atomic E-state index is 12.8. The molecule has 0 bridgehead atoms. The molecule has 4 N–H and O–H groups in total. The summed E-state index contributed by atoms with van der Waals surface area (Å²) in [5.41, 5.74) is 6.94. The number of primary amides is 1. The topological polar surface area (TPSA) is 92.1 Å². The van der Waals surface area contributed by atoms with Gasteiger partial charge in [0.25, 0.3) is 0 Å². The number of nitrogens with zero attached hydrogens (tertiary/aromatic N) is 1. The Bertz CT molecular complexity index is 1320. The molecule has 0 saturated heterocycles. The first kappa shape index (κ1) is 23.9. The number of fused-ring (bicyclic) bond motifs is 1. The molecular formula is C24H19ClF3N3O2. The van der Waals surface area contributed by atoms with Gasteiger partial charge in [-0.1, -0.05) is 29.8 Å². The van der Waals surface area contributed by atoms with Crippen LogP contribution in [0, 0.1) is 5.41 Å². The summed E-state index contributed by atoms with van der Waals surface area (Å²) in [7, 11) is 0. The smallest absolute Gasteiger partial charge is 0.416 e. The number of hydrogen-bond donors (Lipinski definition) is 3. The number of phenols is 1. The zero-order valence-corrected chi connectivity index (χ0v) is 17.9. The zero-order chi connectivity index (χ0) is 24.2. The van der Waals surface area contributed by atoms with Crippen molar-refractivity contribution in [2.45, 2.75) is 12.7 Å². The van der Waals surface area contributed by atoms with E-state index in [0.717, 1.165) is 22.5 Å². The number of carbonyl (C=O) groups is 1. The molecule has 1 amide bonds. The molecule has 4 aromatic rings. The minimum Gasteiger partial charge on any atom is -0.506 e. The van der Waals surface area contributed by atoms with E-state index in [9.17, 15) is 18.0 Å². The summed E-state index contributed by atoms with van der Waals surface area (Å²) in [6.45, 7) is 0.372. The molecule has 0 aliphatic rings. The number of benzene rings is 3. The van der Waals surface area contributed by atoms with Crippen LogP contribution in [0.5, 0.6) is 5.75 Å². The highest BCUT2D eigenvalue weighted by atomic mass is 35.5. The van der Waals surface area contributed by atoms with Gasteiger partial charge in [-0.15, -0.1) is 0 Å². The molecule has 9 heteroatoms. The second kappa shape index (κ2) is 9.79. The van der Waals surface area contributed by atoms with Crippen LogP contribution in [-0.2, 0) is 12.7 Å². The van der Waals surface area contributed by atoms with E-state index in [1.54, 1.807) is 6.07 Å². The van der Waals surface area contributed by atoms with Gasteiger partial charge in [0, 0.05) is 35.4 Å². The molecule has 0 radical (unpaired) electrons. The van der Waals surface area contributed by atoms with E-state index in [4.69, 9.17) is 27.9 Å². The summed E-state index contributed by atoms with van der Waals surface area (Å²) in [6.07, 6.45) is -1.21. The van der Waals surface area contributed by atoms with Crippen LogP contribution in [0.2, 0.25) is 5.02 Å². The van der Waals surface area contributed by atoms with Crippen molar-refractivity contribution in [1.29, 1.82) is 5.41 Å². The molecule has 33 heavy (non-hydrogen) atoms. The van der Waals surface area contributed by atoms with Crippen LogP contribution in [0.3, 0.4) is 0 Å². The number of halogens is 4. The van der Waals surface area contributed by atoms with Gasteiger partial charge in [-0.25, -0.2) is 0 Å². The third kappa shape index (κ3) is 5.93. The fraction of sp³-hybridized carbons (Fsp3) is 0.0833. The number of alkyl halides is 3. The van der Waals surface area contributed by atoms with Gasteiger partial charge in [0.2, 0.25) is 5.91 Å². The third-order valence-electron chi connectivity index (χ3n) is 4.80. The molecule has 0 atom stereocenters. The normalized spacial score (nSPS) is 11.0. The van der Waals surface area contributed by atoms with Gasteiger partial charge < -0.3 is 20.8 Å². The number of amides is 1. The predicted octanol–water partition coefficient (Wildman–Crippen LogP) is 5.85. The second-order valence-corrected chi connectivity index (χ2v) is 7.54. The van der Waals surface area contributed by atoms with Crippen molar-refractivity contribution in [2.75, 3.05) is 0 Å². The Morgan fingerprint density at radius 1 is 1.09 bits per heavy atom. The van der Waals surface area contributed by atoms with Crippen LogP contribution in [0.25, 0.3) is 10.9 Å². The Hall–Kier alpha value is -3.78. The van der Waals surface area contributed by atoms with Gasteiger partial charge in [-0.2, -0.15) is 13.2 Å². The number of aromatic hydroxyl groups is 1. The molecule has 4 rings (SSSR count). The van der Waals surface area contributed by atoms with Gasteiger partial charge in [0.1, 0.15) is 5.75 Å². The molecule has 0 aliphatic carbocycles. The van der Waals surface area contributed by atoms with Gasteiger partial charge in [-0.05, 0) is 59.7 Å². The summed E-state index contributed by atoms with van der Waals surface area (Å²) >= 11 is 5.50. The van der Waals surface area contributed by atoms with Crippen LogP contribution in [-0.4, -0.2) is 21.8 Å².